The molecule has 5 nitrogen and oxygen atoms in total. The van der Waals surface area contributed by atoms with Crippen LogP contribution in [0.1, 0.15) is 18.9 Å². The van der Waals surface area contributed by atoms with E-state index in [1.807, 2.05) is 6.07 Å². The van der Waals surface area contributed by atoms with E-state index in [9.17, 15) is 4.79 Å². The smallest absolute Gasteiger partial charge is 0.250 e. The summed E-state index contributed by atoms with van der Waals surface area (Å²) in [5, 5.41) is 3.04. The van der Waals surface area contributed by atoms with Crippen LogP contribution in [0.2, 0.25) is 0 Å². The highest BCUT2D eigenvalue weighted by atomic mass is 16.5. The molecule has 1 aromatic carbocycles. The van der Waals surface area contributed by atoms with E-state index in [2.05, 4.69) is 41.4 Å². The predicted molar refractivity (Wildman–Crippen MR) is 87.3 cm³/mol. The van der Waals surface area contributed by atoms with Gasteiger partial charge in [-0.3, -0.25) is 9.69 Å². The first-order chi connectivity index (χ1) is 10.6. The number of nitrogens with one attached hydrogen (secondary N) is 1. The van der Waals surface area contributed by atoms with E-state index in [1.54, 1.807) is 0 Å². The first kappa shape index (κ1) is 16.9. The summed E-state index contributed by atoms with van der Waals surface area (Å²) in [5.41, 5.74) is 6.86. The molecule has 1 fully saturated rings. The van der Waals surface area contributed by atoms with Crippen molar-refractivity contribution in [2.45, 2.75) is 32.0 Å². The van der Waals surface area contributed by atoms with Crippen molar-refractivity contribution in [1.29, 1.82) is 0 Å². The van der Waals surface area contributed by atoms with Crippen LogP contribution in [0, 0.1) is 5.92 Å². The number of ether oxygens (including phenoxy) is 1. The number of hydrogen-bond donors (Lipinski definition) is 2. The van der Waals surface area contributed by atoms with Gasteiger partial charge in [0.1, 0.15) is 6.10 Å². The van der Waals surface area contributed by atoms with E-state index in [4.69, 9.17) is 10.5 Å². The zero-order valence-electron chi connectivity index (χ0n) is 13.5. The lowest BCUT2D eigenvalue weighted by molar-refractivity contribution is -0.131. The SMILES string of the molecule is COC(CN)C(=O)NC(C)C1CCN(Cc2ccccc2)C1. The van der Waals surface area contributed by atoms with Gasteiger partial charge in [-0.2, -0.15) is 0 Å². The second-order valence-corrected chi connectivity index (χ2v) is 6.03. The average Bonchev–Trinajstić information content (AvgIpc) is 2.98. The molecule has 0 bridgehead atoms. The molecule has 1 aliphatic rings. The van der Waals surface area contributed by atoms with Gasteiger partial charge in [0, 0.05) is 32.8 Å². The number of benzene rings is 1. The molecule has 5 heteroatoms. The number of amides is 1. The Balaban J connectivity index is 1.81. The van der Waals surface area contributed by atoms with Crippen LogP contribution in [0.25, 0.3) is 0 Å². The zero-order chi connectivity index (χ0) is 15.9. The van der Waals surface area contributed by atoms with Crippen LogP contribution in [0.15, 0.2) is 30.3 Å². The van der Waals surface area contributed by atoms with Gasteiger partial charge in [-0.1, -0.05) is 30.3 Å². The van der Waals surface area contributed by atoms with Crippen LogP contribution in [0.4, 0.5) is 0 Å². The van der Waals surface area contributed by atoms with E-state index in [0.717, 1.165) is 26.1 Å². The maximum absolute atomic E-state index is 12.0. The fourth-order valence-electron chi connectivity index (χ4n) is 3.00. The topological polar surface area (TPSA) is 67.6 Å². The number of nitrogens with zero attached hydrogens (tertiary/aromatic N) is 1. The van der Waals surface area contributed by atoms with Gasteiger partial charge in [0.05, 0.1) is 0 Å². The van der Waals surface area contributed by atoms with Crippen molar-refractivity contribution >= 4 is 5.91 Å². The highest BCUT2D eigenvalue weighted by Crippen LogP contribution is 2.21. The van der Waals surface area contributed by atoms with Crippen LogP contribution in [0.3, 0.4) is 0 Å². The van der Waals surface area contributed by atoms with Gasteiger partial charge in [-0.05, 0) is 31.4 Å². The lowest BCUT2D eigenvalue weighted by Gasteiger charge is -2.23. The van der Waals surface area contributed by atoms with Crippen molar-refractivity contribution in [3.8, 4) is 0 Å². The highest BCUT2D eigenvalue weighted by Gasteiger charge is 2.29. The summed E-state index contributed by atoms with van der Waals surface area (Å²) < 4.78 is 5.08. The lowest BCUT2D eigenvalue weighted by Crippen LogP contribution is -2.47. The van der Waals surface area contributed by atoms with Crippen molar-refractivity contribution in [2.75, 3.05) is 26.7 Å². The number of likely N-dealkylation sites (tertiary alicyclic amines) is 1. The zero-order valence-corrected chi connectivity index (χ0v) is 13.5. The molecule has 122 valence electrons. The quantitative estimate of drug-likeness (QED) is 0.788. The number of carbonyl (C=O) groups is 1. The highest BCUT2D eigenvalue weighted by molar-refractivity contribution is 5.81. The monoisotopic (exact) mass is 305 g/mol. The molecule has 2 rings (SSSR count). The Morgan fingerprint density at radius 2 is 2.18 bits per heavy atom. The molecule has 3 atom stereocenters. The third-order valence-corrected chi connectivity index (χ3v) is 4.43. The van der Waals surface area contributed by atoms with E-state index >= 15 is 0 Å². The Hall–Kier alpha value is -1.43. The summed E-state index contributed by atoms with van der Waals surface area (Å²) in [6.07, 6.45) is 0.554. The Morgan fingerprint density at radius 1 is 1.45 bits per heavy atom. The van der Waals surface area contributed by atoms with E-state index in [0.29, 0.717) is 5.92 Å². The van der Waals surface area contributed by atoms with Crippen molar-refractivity contribution in [2.24, 2.45) is 11.7 Å². The van der Waals surface area contributed by atoms with E-state index < -0.39 is 6.10 Å². The fourth-order valence-corrected chi connectivity index (χ4v) is 3.00. The van der Waals surface area contributed by atoms with Gasteiger partial charge in [0.25, 0.3) is 5.91 Å². The molecule has 0 spiro atoms. The van der Waals surface area contributed by atoms with Crippen LogP contribution >= 0.6 is 0 Å². The van der Waals surface area contributed by atoms with Crippen LogP contribution in [-0.2, 0) is 16.1 Å². The van der Waals surface area contributed by atoms with Gasteiger partial charge in [0.15, 0.2) is 0 Å². The average molecular weight is 305 g/mol. The summed E-state index contributed by atoms with van der Waals surface area (Å²) >= 11 is 0. The van der Waals surface area contributed by atoms with Crippen LogP contribution in [0.5, 0.6) is 0 Å². The number of rotatable bonds is 7. The Morgan fingerprint density at radius 3 is 2.82 bits per heavy atom. The van der Waals surface area contributed by atoms with Gasteiger partial charge in [-0.15, -0.1) is 0 Å². The maximum atomic E-state index is 12.0. The normalized spacial score (nSPS) is 21.5. The van der Waals surface area contributed by atoms with Crippen molar-refractivity contribution in [3.63, 3.8) is 0 Å². The van der Waals surface area contributed by atoms with Gasteiger partial charge >= 0.3 is 0 Å². The maximum Gasteiger partial charge on any atom is 0.250 e. The third-order valence-electron chi connectivity index (χ3n) is 4.43. The minimum Gasteiger partial charge on any atom is -0.370 e. The van der Waals surface area contributed by atoms with Crippen molar-refractivity contribution in [1.82, 2.24) is 10.2 Å². The predicted octanol–water partition coefficient (Wildman–Crippen LogP) is 0.987. The van der Waals surface area contributed by atoms with Crippen LogP contribution in [-0.4, -0.2) is 49.7 Å². The standard InChI is InChI=1S/C17H27N3O2/c1-13(19-17(21)16(10-18)22-2)15-8-9-20(12-15)11-14-6-4-3-5-7-14/h3-7,13,15-16H,8-12,18H2,1-2H3,(H,19,21). The van der Waals surface area contributed by atoms with Gasteiger partial charge in [-0.25, -0.2) is 0 Å². The number of methoxy groups -OCH3 is 1. The van der Waals surface area contributed by atoms with Crippen molar-refractivity contribution in [3.05, 3.63) is 35.9 Å². The number of hydrogen-bond acceptors (Lipinski definition) is 4. The molecule has 1 saturated heterocycles. The minimum atomic E-state index is -0.552. The molecule has 0 radical (unpaired) electrons. The summed E-state index contributed by atoms with van der Waals surface area (Å²) in [7, 11) is 1.51. The molecule has 3 unspecified atom stereocenters. The molecule has 0 saturated carbocycles. The Bertz CT molecular complexity index is 462. The number of nitrogens with two attached hydrogens (primary N) is 1. The molecule has 3 N–H and O–H groups in total. The molecule has 0 aromatic heterocycles. The van der Waals surface area contributed by atoms with E-state index in [-0.39, 0.29) is 18.5 Å². The molecular formula is C17H27N3O2. The fraction of sp³-hybridized carbons (Fsp3) is 0.588. The molecule has 1 aromatic rings. The first-order valence-corrected chi connectivity index (χ1v) is 7.93. The second kappa shape index (κ2) is 8.27. The Kier molecular flexibility index (Phi) is 6.36. The van der Waals surface area contributed by atoms with Crippen LogP contribution < -0.4 is 11.1 Å². The third kappa shape index (κ3) is 4.53. The molecule has 1 amide bonds. The van der Waals surface area contributed by atoms with E-state index in [1.165, 1.54) is 12.7 Å². The summed E-state index contributed by atoms with van der Waals surface area (Å²) in [6, 6.07) is 10.6. The van der Waals surface area contributed by atoms with Gasteiger partial charge < -0.3 is 15.8 Å². The molecule has 1 heterocycles. The summed E-state index contributed by atoms with van der Waals surface area (Å²) in [6.45, 7) is 5.33. The minimum absolute atomic E-state index is 0.112. The molecule has 22 heavy (non-hydrogen) atoms. The molecular weight excluding hydrogens is 278 g/mol. The van der Waals surface area contributed by atoms with Crippen molar-refractivity contribution < 1.29 is 9.53 Å². The molecule has 0 aliphatic carbocycles. The summed E-state index contributed by atoms with van der Waals surface area (Å²) in [4.78, 5) is 14.5. The largest absolute Gasteiger partial charge is 0.370 e. The second-order valence-electron chi connectivity index (χ2n) is 6.03. The Labute approximate surface area is 132 Å². The lowest BCUT2D eigenvalue weighted by atomic mass is 10.0. The number of carbonyl (C=O) groups excluding carboxylic acids is 1. The van der Waals surface area contributed by atoms with Gasteiger partial charge in [0.2, 0.25) is 0 Å². The molecule has 1 aliphatic heterocycles. The first-order valence-electron chi connectivity index (χ1n) is 7.93. The summed E-state index contributed by atoms with van der Waals surface area (Å²) in [5.74, 6) is 0.363.